The van der Waals surface area contributed by atoms with Crippen LogP contribution < -0.4 is 4.74 Å². The van der Waals surface area contributed by atoms with Gasteiger partial charge < -0.3 is 9.84 Å². The standard InChI is InChI=1S/C22H31NO3/c1-4-6-15-23(16-7-5-2)22(3)17-18(21(24)25)13-14-20(22)26-19-11-9-8-10-12-19/h8-14,17,20H,4-7,15-16H2,1-3H3,(H,24,25). The van der Waals surface area contributed by atoms with Crippen LogP contribution in [-0.4, -0.2) is 40.7 Å². The second-order valence-electron chi connectivity index (χ2n) is 7.04. The Morgan fingerprint density at radius 2 is 1.77 bits per heavy atom. The van der Waals surface area contributed by atoms with Crippen LogP contribution in [0.15, 0.2) is 54.1 Å². The molecule has 1 N–H and O–H groups in total. The summed E-state index contributed by atoms with van der Waals surface area (Å²) < 4.78 is 6.27. The number of para-hydroxylation sites is 1. The number of unbranched alkanes of at least 4 members (excludes halogenated alkanes) is 2. The van der Waals surface area contributed by atoms with Gasteiger partial charge in [0.1, 0.15) is 11.9 Å². The van der Waals surface area contributed by atoms with E-state index in [1.54, 1.807) is 6.08 Å². The minimum Gasteiger partial charge on any atom is -0.484 e. The Morgan fingerprint density at radius 3 is 2.31 bits per heavy atom. The maximum atomic E-state index is 11.6. The van der Waals surface area contributed by atoms with Gasteiger partial charge in [-0.2, -0.15) is 0 Å². The Bertz CT molecular complexity index is 630. The van der Waals surface area contributed by atoms with E-state index in [2.05, 4.69) is 25.7 Å². The molecule has 2 atom stereocenters. The van der Waals surface area contributed by atoms with E-state index in [0.717, 1.165) is 44.5 Å². The van der Waals surface area contributed by atoms with Crippen LogP contribution in [-0.2, 0) is 4.79 Å². The summed E-state index contributed by atoms with van der Waals surface area (Å²) in [4.78, 5) is 14.0. The van der Waals surface area contributed by atoms with E-state index in [0.29, 0.717) is 5.57 Å². The molecule has 26 heavy (non-hydrogen) atoms. The van der Waals surface area contributed by atoms with Crippen molar-refractivity contribution in [2.45, 2.75) is 58.1 Å². The molecule has 0 heterocycles. The molecule has 1 aromatic rings. The number of carboxylic acid groups (broad SMARTS) is 1. The van der Waals surface area contributed by atoms with Gasteiger partial charge in [-0.1, -0.05) is 44.9 Å². The molecule has 4 nitrogen and oxygen atoms in total. The number of rotatable bonds is 10. The highest BCUT2D eigenvalue weighted by molar-refractivity contribution is 5.90. The third-order valence-electron chi connectivity index (χ3n) is 4.97. The molecule has 4 heteroatoms. The van der Waals surface area contributed by atoms with Gasteiger partial charge in [-0.25, -0.2) is 4.79 Å². The smallest absolute Gasteiger partial charge is 0.335 e. The molecule has 0 radical (unpaired) electrons. The van der Waals surface area contributed by atoms with Gasteiger partial charge in [0, 0.05) is 0 Å². The Kier molecular flexibility index (Phi) is 7.46. The first-order valence-electron chi connectivity index (χ1n) is 9.62. The zero-order valence-electron chi connectivity index (χ0n) is 16.1. The lowest BCUT2D eigenvalue weighted by atomic mass is 9.84. The third-order valence-corrected chi connectivity index (χ3v) is 4.97. The van der Waals surface area contributed by atoms with E-state index >= 15 is 0 Å². The zero-order valence-corrected chi connectivity index (χ0v) is 16.1. The van der Waals surface area contributed by atoms with Gasteiger partial charge in [0.15, 0.2) is 0 Å². The first-order valence-corrected chi connectivity index (χ1v) is 9.62. The van der Waals surface area contributed by atoms with Crippen molar-refractivity contribution < 1.29 is 14.6 Å². The lowest BCUT2D eigenvalue weighted by Gasteiger charge is -2.45. The molecule has 0 aliphatic heterocycles. The van der Waals surface area contributed by atoms with Crippen LogP contribution in [0.4, 0.5) is 0 Å². The Hall–Kier alpha value is -2.07. The highest BCUT2D eigenvalue weighted by Crippen LogP contribution is 2.32. The molecular formula is C22H31NO3. The van der Waals surface area contributed by atoms with E-state index in [9.17, 15) is 9.90 Å². The van der Waals surface area contributed by atoms with Crippen molar-refractivity contribution in [1.82, 2.24) is 4.90 Å². The van der Waals surface area contributed by atoms with Crippen molar-refractivity contribution in [3.8, 4) is 5.75 Å². The van der Waals surface area contributed by atoms with Gasteiger partial charge in [0.25, 0.3) is 0 Å². The zero-order chi connectivity index (χ0) is 19.0. The molecule has 2 unspecified atom stereocenters. The number of carboxylic acids is 1. The Balaban J connectivity index is 2.34. The summed E-state index contributed by atoms with van der Waals surface area (Å²) in [5.41, 5.74) is -0.166. The number of ether oxygens (including phenoxy) is 1. The normalized spacial score (nSPS) is 22.3. The SMILES string of the molecule is CCCCN(CCCC)C1(C)C=C(C(=O)O)C=CC1Oc1ccccc1. The predicted molar refractivity (Wildman–Crippen MR) is 106 cm³/mol. The Labute approximate surface area is 157 Å². The van der Waals surface area contributed by atoms with Crippen molar-refractivity contribution in [3.63, 3.8) is 0 Å². The average molecular weight is 357 g/mol. The van der Waals surface area contributed by atoms with Crippen LogP contribution in [0, 0.1) is 0 Å². The summed E-state index contributed by atoms with van der Waals surface area (Å²) in [5, 5.41) is 9.50. The van der Waals surface area contributed by atoms with E-state index < -0.39 is 11.5 Å². The molecular weight excluding hydrogens is 326 g/mol. The molecule has 1 aromatic carbocycles. The first-order chi connectivity index (χ1) is 12.5. The van der Waals surface area contributed by atoms with Crippen molar-refractivity contribution >= 4 is 5.97 Å². The van der Waals surface area contributed by atoms with Crippen LogP contribution in [0.3, 0.4) is 0 Å². The fourth-order valence-electron chi connectivity index (χ4n) is 3.33. The number of aliphatic carboxylic acids is 1. The molecule has 1 aliphatic carbocycles. The summed E-state index contributed by atoms with van der Waals surface area (Å²) in [6, 6.07) is 9.73. The molecule has 0 saturated heterocycles. The summed E-state index contributed by atoms with van der Waals surface area (Å²) in [6.45, 7) is 8.31. The lowest BCUT2D eigenvalue weighted by molar-refractivity contribution is -0.132. The maximum absolute atomic E-state index is 11.6. The minimum absolute atomic E-state index is 0.235. The van der Waals surface area contributed by atoms with Crippen LogP contribution in [0.5, 0.6) is 5.75 Å². The van der Waals surface area contributed by atoms with Gasteiger partial charge in [0.05, 0.1) is 11.1 Å². The van der Waals surface area contributed by atoms with Crippen molar-refractivity contribution in [2.75, 3.05) is 13.1 Å². The monoisotopic (exact) mass is 357 g/mol. The topological polar surface area (TPSA) is 49.8 Å². The van der Waals surface area contributed by atoms with E-state index in [1.165, 1.54) is 0 Å². The van der Waals surface area contributed by atoms with Crippen LogP contribution in [0.1, 0.15) is 46.5 Å². The van der Waals surface area contributed by atoms with Crippen molar-refractivity contribution in [2.24, 2.45) is 0 Å². The summed E-state index contributed by atoms with van der Waals surface area (Å²) in [5.74, 6) is -0.0944. The van der Waals surface area contributed by atoms with E-state index in [4.69, 9.17) is 4.74 Å². The minimum atomic E-state index is -0.892. The molecule has 2 rings (SSSR count). The van der Waals surface area contributed by atoms with Crippen LogP contribution in [0.25, 0.3) is 0 Å². The molecule has 0 fully saturated rings. The first kappa shape index (κ1) is 20.2. The molecule has 142 valence electrons. The lowest BCUT2D eigenvalue weighted by Crippen LogP contribution is -2.56. The number of benzene rings is 1. The van der Waals surface area contributed by atoms with E-state index in [-0.39, 0.29) is 6.10 Å². The van der Waals surface area contributed by atoms with E-state index in [1.807, 2.05) is 42.5 Å². The fourth-order valence-corrected chi connectivity index (χ4v) is 3.33. The second kappa shape index (κ2) is 9.58. The molecule has 0 aromatic heterocycles. The maximum Gasteiger partial charge on any atom is 0.335 e. The molecule has 0 saturated carbocycles. The number of hydrogen-bond acceptors (Lipinski definition) is 3. The number of hydrogen-bond donors (Lipinski definition) is 1. The summed E-state index contributed by atoms with van der Waals surface area (Å²) in [7, 11) is 0. The summed E-state index contributed by atoms with van der Waals surface area (Å²) >= 11 is 0. The van der Waals surface area contributed by atoms with Gasteiger partial charge >= 0.3 is 5.97 Å². The fraction of sp³-hybridized carbons (Fsp3) is 0.500. The number of nitrogens with zero attached hydrogens (tertiary/aromatic N) is 1. The highest BCUT2D eigenvalue weighted by atomic mass is 16.5. The van der Waals surface area contributed by atoms with Gasteiger partial charge in [-0.05, 0) is 63.2 Å². The summed E-state index contributed by atoms with van der Waals surface area (Å²) in [6.07, 6.45) is 9.56. The second-order valence-corrected chi connectivity index (χ2v) is 7.04. The average Bonchev–Trinajstić information content (AvgIpc) is 2.64. The molecule has 0 bridgehead atoms. The van der Waals surface area contributed by atoms with Crippen molar-refractivity contribution in [1.29, 1.82) is 0 Å². The van der Waals surface area contributed by atoms with Gasteiger partial charge in [-0.15, -0.1) is 0 Å². The molecule has 0 amide bonds. The highest BCUT2D eigenvalue weighted by Gasteiger charge is 2.40. The Morgan fingerprint density at radius 1 is 1.15 bits per heavy atom. The van der Waals surface area contributed by atoms with Crippen molar-refractivity contribution in [3.05, 3.63) is 54.1 Å². The molecule has 1 aliphatic rings. The predicted octanol–water partition coefficient (Wildman–Crippen LogP) is 4.68. The van der Waals surface area contributed by atoms with Crippen LogP contribution in [0.2, 0.25) is 0 Å². The van der Waals surface area contributed by atoms with Gasteiger partial charge in [0.2, 0.25) is 0 Å². The quantitative estimate of drug-likeness (QED) is 0.661. The van der Waals surface area contributed by atoms with Gasteiger partial charge in [-0.3, -0.25) is 4.90 Å². The largest absolute Gasteiger partial charge is 0.484 e. The number of carbonyl (C=O) groups is 1. The molecule has 0 spiro atoms. The third kappa shape index (κ3) is 4.98. The van der Waals surface area contributed by atoms with Crippen LogP contribution >= 0.6 is 0 Å².